The summed E-state index contributed by atoms with van der Waals surface area (Å²) in [7, 11) is 0. The molecule has 0 bridgehead atoms. The van der Waals surface area contributed by atoms with E-state index in [-0.39, 0.29) is 11.1 Å². The zero-order chi connectivity index (χ0) is 17.0. The Bertz CT molecular complexity index is 721. The second-order valence-electron chi connectivity index (χ2n) is 5.03. The van der Waals surface area contributed by atoms with Crippen molar-refractivity contribution in [2.24, 2.45) is 0 Å². The Hall–Kier alpha value is -2.82. The summed E-state index contributed by atoms with van der Waals surface area (Å²) in [5.74, 6) is -2.15. The van der Waals surface area contributed by atoms with Crippen molar-refractivity contribution in [2.75, 3.05) is 18.0 Å². The van der Waals surface area contributed by atoms with E-state index < -0.39 is 17.5 Å². The molecule has 23 heavy (non-hydrogen) atoms. The molecule has 0 saturated carbocycles. The summed E-state index contributed by atoms with van der Waals surface area (Å²) < 4.78 is 0. The van der Waals surface area contributed by atoms with Gasteiger partial charge in [-0.05, 0) is 26.0 Å². The molecule has 0 radical (unpaired) electrons. The number of carboxylic acids is 1. The van der Waals surface area contributed by atoms with Crippen LogP contribution < -0.4 is 4.90 Å². The lowest BCUT2D eigenvalue weighted by atomic mass is 9.97. The third kappa shape index (κ3) is 3.18. The first kappa shape index (κ1) is 16.5. The molecule has 5 heteroatoms. The number of hydrogen-bond donors (Lipinski definition) is 2. The van der Waals surface area contributed by atoms with Gasteiger partial charge in [-0.15, -0.1) is 0 Å². The van der Waals surface area contributed by atoms with E-state index in [1.807, 2.05) is 18.7 Å². The van der Waals surface area contributed by atoms with Crippen molar-refractivity contribution in [3.05, 3.63) is 59.2 Å². The summed E-state index contributed by atoms with van der Waals surface area (Å²) in [6.45, 7) is 5.14. The number of rotatable bonds is 6. The molecule has 0 aliphatic heterocycles. The Morgan fingerprint density at radius 3 is 2.13 bits per heavy atom. The molecular weight excluding hydrogens is 294 g/mol. The van der Waals surface area contributed by atoms with Crippen LogP contribution in [0.3, 0.4) is 0 Å². The molecule has 0 aliphatic rings. The van der Waals surface area contributed by atoms with Crippen LogP contribution in [0.25, 0.3) is 0 Å². The minimum Gasteiger partial charge on any atom is -0.506 e. The van der Waals surface area contributed by atoms with Gasteiger partial charge in [0, 0.05) is 18.7 Å². The van der Waals surface area contributed by atoms with Crippen LogP contribution in [0.15, 0.2) is 42.5 Å². The lowest BCUT2D eigenvalue weighted by Crippen LogP contribution is -2.24. The second kappa shape index (κ2) is 6.96. The molecule has 0 amide bonds. The number of hydrogen-bond acceptors (Lipinski definition) is 4. The second-order valence-corrected chi connectivity index (χ2v) is 5.03. The molecule has 2 aromatic rings. The number of nitrogens with zero attached hydrogens (tertiary/aromatic N) is 1. The topological polar surface area (TPSA) is 77.8 Å². The summed E-state index contributed by atoms with van der Waals surface area (Å²) in [6, 6.07) is 11.4. The fraction of sp³-hybridized carbons (Fsp3) is 0.222. The highest BCUT2D eigenvalue weighted by molar-refractivity contribution is 6.15. The molecule has 0 fully saturated rings. The number of ketones is 1. The lowest BCUT2D eigenvalue weighted by molar-refractivity contribution is 0.0693. The molecule has 0 unspecified atom stereocenters. The first-order valence-corrected chi connectivity index (χ1v) is 7.45. The Balaban J connectivity index is 2.68. The van der Waals surface area contributed by atoms with E-state index in [1.54, 1.807) is 36.4 Å². The van der Waals surface area contributed by atoms with E-state index in [0.717, 1.165) is 0 Å². The molecule has 0 spiro atoms. The van der Waals surface area contributed by atoms with Crippen molar-refractivity contribution >= 4 is 17.4 Å². The van der Waals surface area contributed by atoms with E-state index in [4.69, 9.17) is 0 Å². The average molecular weight is 313 g/mol. The van der Waals surface area contributed by atoms with Crippen LogP contribution in [-0.4, -0.2) is 35.1 Å². The maximum atomic E-state index is 12.8. The van der Waals surface area contributed by atoms with Gasteiger partial charge in [0.25, 0.3) is 0 Å². The zero-order valence-corrected chi connectivity index (χ0v) is 13.1. The van der Waals surface area contributed by atoms with Crippen LogP contribution in [0.1, 0.15) is 40.1 Å². The first-order chi connectivity index (χ1) is 11.0. The fourth-order valence-electron chi connectivity index (χ4n) is 2.54. The van der Waals surface area contributed by atoms with Gasteiger partial charge >= 0.3 is 5.97 Å². The van der Waals surface area contributed by atoms with Crippen LogP contribution in [0.2, 0.25) is 0 Å². The van der Waals surface area contributed by atoms with Crippen molar-refractivity contribution in [1.29, 1.82) is 0 Å². The maximum absolute atomic E-state index is 12.8. The largest absolute Gasteiger partial charge is 0.506 e. The maximum Gasteiger partial charge on any atom is 0.339 e. The molecule has 5 nitrogen and oxygen atoms in total. The molecule has 2 rings (SSSR count). The van der Waals surface area contributed by atoms with Gasteiger partial charge < -0.3 is 15.1 Å². The van der Waals surface area contributed by atoms with Crippen LogP contribution >= 0.6 is 0 Å². The number of carbonyl (C=O) groups is 2. The van der Waals surface area contributed by atoms with Gasteiger partial charge in [-0.25, -0.2) is 4.79 Å². The molecule has 2 aromatic carbocycles. The van der Waals surface area contributed by atoms with Gasteiger partial charge in [-0.1, -0.05) is 30.3 Å². The van der Waals surface area contributed by atoms with Gasteiger partial charge in [0.05, 0.1) is 11.3 Å². The van der Waals surface area contributed by atoms with E-state index >= 15 is 0 Å². The first-order valence-electron chi connectivity index (χ1n) is 7.45. The highest BCUT2D eigenvalue weighted by Gasteiger charge is 2.25. The zero-order valence-electron chi connectivity index (χ0n) is 13.1. The van der Waals surface area contributed by atoms with E-state index in [9.17, 15) is 19.8 Å². The Morgan fingerprint density at radius 2 is 1.61 bits per heavy atom. The summed E-state index contributed by atoms with van der Waals surface area (Å²) >= 11 is 0. The minimum absolute atomic E-state index is 0.0276. The molecular formula is C18H19NO4. The number of benzene rings is 2. The van der Waals surface area contributed by atoms with Crippen LogP contribution in [0.5, 0.6) is 5.75 Å². The predicted molar refractivity (Wildman–Crippen MR) is 88.5 cm³/mol. The van der Waals surface area contributed by atoms with Gasteiger partial charge in [0.15, 0.2) is 5.78 Å². The monoisotopic (exact) mass is 313 g/mol. The quantitative estimate of drug-likeness (QED) is 0.801. The van der Waals surface area contributed by atoms with Crippen LogP contribution in [0, 0.1) is 0 Å². The molecule has 0 aromatic heterocycles. The van der Waals surface area contributed by atoms with Crippen molar-refractivity contribution in [3.63, 3.8) is 0 Å². The Kier molecular flexibility index (Phi) is 5.01. The number of phenols is 1. The van der Waals surface area contributed by atoms with Gasteiger partial charge in [-0.2, -0.15) is 0 Å². The number of carbonyl (C=O) groups excluding carboxylic acids is 1. The summed E-state index contributed by atoms with van der Waals surface area (Å²) in [5.41, 5.74) is 0.685. The molecule has 0 atom stereocenters. The molecule has 120 valence electrons. The summed E-state index contributed by atoms with van der Waals surface area (Å²) in [5, 5.41) is 19.6. The molecule has 2 N–H and O–H groups in total. The highest BCUT2D eigenvalue weighted by atomic mass is 16.4. The van der Waals surface area contributed by atoms with Crippen molar-refractivity contribution in [2.45, 2.75) is 13.8 Å². The van der Waals surface area contributed by atoms with E-state index in [1.165, 1.54) is 6.07 Å². The molecule has 0 aliphatic carbocycles. The Labute approximate surface area is 134 Å². The van der Waals surface area contributed by atoms with Crippen molar-refractivity contribution in [1.82, 2.24) is 0 Å². The third-order valence-electron chi connectivity index (χ3n) is 3.75. The van der Waals surface area contributed by atoms with Gasteiger partial charge in [0.2, 0.25) is 0 Å². The van der Waals surface area contributed by atoms with Crippen LogP contribution in [0.4, 0.5) is 5.69 Å². The standard InChI is InChI=1S/C18H19NO4/c1-3-19(4-2)14-11-10-13(18(22)23)17(21)15(14)16(20)12-8-6-5-7-9-12/h5-11,21H,3-4H2,1-2H3,(H,22,23). The molecule has 0 heterocycles. The third-order valence-corrected chi connectivity index (χ3v) is 3.75. The number of aromatic carboxylic acids is 1. The van der Waals surface area contributed by atoms with Crippen LogP contribution in [-0.2, 0) is 0 Å². The summed E-state index contributed by atoms with van der Waals surface area (Å²) in [4.78, 5) is 26.0. The van der Waals surface area contributed by atoms with Crippen molar-refractivity contribution in [3.8, 4) is 5.75 Å². The normalized spacial score (nSPS) is 10.3. The SMILES string of the molecule is CCN(CC)c1ccc(C(=O)O)c(O)c1C(=O)c1ccccc1. The number of anilines is 1. The number of aromatic hydroxyl groups is 1. The lowest BCUT2D eigenvalue weighted by Gasteiger charge is -2.24. The average Bonchev–Trinajstić information content (AvgIpc) is 2.56. The van der Waals surface area contributed by atoms with Crippen molar-refractivity contribution < 1.29 is 19.8 Å². The number of carboxylic acid groups (broad SMARTS) is 1. The predicted octanol–water partition coefficient (Wildman–Crippen LogP) is 3.17. The summed E-state index contributed by atoms with van der Waals surface area (Å²) in [6.07, 6.45) is 0. The minimum atomic E-state index is -1.27. The van der Waals surface area contributed by atoms with Gasteiger partial charge in [0.1, 0.15) is 11.3 Å². The highest BCUT2D eigenvalue weighted by Crippen LogP contribution is 2.34. The van der Waals surface area contributed by atoms with Gasteiger partial charge in [-0.3, -0.25) is 4.79 Å². The van der Waals surface area contributed by atoms with E-state index in [0.29, 0.717) is 24.3 Å². The Morgan fingerprint density at radius 1 is 1.00 bits per heavy atom. The smallest absolute Gasteiger partial charge is 0.339 e. The van der Waals surface area contributed by atoms with E-state index in [2.05, 4.69) is 0 Å². The fourth-order valence-corrected chi connectivity index (χ4v) is 2.54. The molecule has 0 saturated heterocycles.